The van der Waals surface area contributed by atoms with Crippen molar-refractivity contribution in [2.24, 2.45) is 17.6 Å². The van der Waals surface area contributed by atoms with Gasteiger partial charge in [-0.2, -0.15) is 0 Å². The van der Waals surface area contributed by atoms with E-state index < -0.39 is 0 Å². The van der Waals surface area contributed by atoms with Gasteiger partial charge in [-0.1, -0.05) is 27.7 Å². The molecule has 0 aliphatic carbocycles. The highest BCUT2D eigenvalue weighted by atomic mass is 15.2. The van der Waals surface area contributed by atoms with Gasteiger partial charge in [-0.25, -0.2) is 0 Å². The average molecular weight is 263 g/mol. The number of hydrogen-bond donors (Lipinski definition) is 1. The molecular weight excluding hydrogens is 234 g/mol. The smallest absolute Gasteiger partial charge is 0.0488 e. The van der Waals surface area contributed by atoms with Crippen molar-refractivity contribution in [3.05, 3.63) is 29.6 Å². The van der Waals surface area contributed by atoms with Gasteiger partial charge in [0.25, 0.3) is 0 Å². The van der Waals surface area contributed by atoms with Gasteiger partial charge in [-0.05, 0) is 36.0 Å². The Labute approximate surface area is 118 Å². The summed E-state index contributed by atoms with van der Waals surface area (Å²) in [6.45, 7) is 14.0. The van der Waals surface area contributed by atoms with E-state index in [4.69, 9.17) is 5.73 Å². The van der Waals surface area contributed by atoms with Crippen molar-refractivity contribution in [2.45, 2.75) is 40.7 Å². The van der Waals surface area contributed by atoms with Crippen LogP contribution in [-0.2, 0) is 0 Å². The molecule has 3 heteroatoms. The number of nitrogens with zero attached hydrogens (tertiary/aromatic N) is 2. The Kier molecular flexibility index (Phi) is 6.46. The molecule has 3 nitrogen and oxygen atoms in total. The second-order valence-corrected chi connectivity index (χ2v) is 6.23. The number of aromatic nitrogens is 1. The molecule has 0 spiro atoms. The average Bonchev–Trinajstić information content (AvgIpc) is 2.30. The van der Waals surface area contributed by atoms with E-state index in [1.807, 2.05) is 12.4 Å². The summed E-state index contributed by atoms with van der Waals surface area (Å²) in [7, 11) is 0. The van der Waals surface area contributed by atoms with Crippen LogP contribution in [0, 0.1) is 18.8 Å². The third-order valence-corrected chi connectivity index (χ3v) is 3.30. The summed E-state index contributed by atoms with van der Waals surface area (Å²) in [5.74, 6) is 1.29. The molecule has 0 aliphatic heterocycles. The number of rotatable bonds is 7. The highest BCUT2D eigenvalue weighted by Gasteiger charge is 2.22. The van der Waals surface area contributed by atoms with E-state index in [9.17, 15) is 0 Å². The summed E-state index contributed by atoms with van der Waals surface area (Å²) in [5.41, 5.74) is 8.61. The number of hydrogen-bond acceptors (Lipinski definition) is 3. The highest BCUT2D eigenvalue weighted by Crippen LogP contribution is 2.24. The minimum absolute atomic E-state index is 0.276. The lowest BCUT2D eigenvalue weighted by atomic mass is 10.00. The van der Waals surface area contributed by atoms with Crippen LogP contribution >= 0.6 is 0 Å². The van der Waals surface area contributed by atoms with E-state index in [-0.39, 0.29) is 6.04 Å². The van der Waals surface area contributed by atoms with E-state index in [2.05, 4.69) is 50.6 Å². The topological polar surface area (TPSA) is 42.1 Å². The first-order valence-corrected chi connectivity index (χ1v) is 7.30. The van der Waals surface area contributed by atoms with E-state index in [1.54, 1.807) is 0 Å². The van der Waals surface area contributed by atoms with E-state index in [0.717, 1.165) is 13.1 Å². The summed E-state index contributed by atoms with van der Waals surface area (Å²) in [5, 5.41) is 0. The molecule has 0 radical (unpaired) electrons. The zero-order valence-electron chi connectivity index (χ0n) is 13.1. The van der Waals surface area contributed by atoms with Gasteiger partial charge in [-0.15, -0.1) is 0 Å². The van der Waals surface area contributed by atoms with E-state index in [0.29, 0.717) is 18.4 Å². The first-order chi connectivity index (χ1) is 8.95. The molecule has 1 rings (SSSR count). The van der Waals surface area contributed by atoms with Crippen LogP contribution in [0.1, 0.15) is 44.9 Å². The van der Waals surface area contributed by atoms with Crippen LogP contribution in [0.4, 0.5) is 0 Å². The van der Waals surface area contributed by atoms with Gasteiger partial charge < -0.3 is 5.73 Å². The molecule has 0 aromatic carbocycles. The Morgan fingerprint density at radius 3 is 2.16 bits per heavy atom. The molecule has 1 unspecified atom stereocenters. The first kappa shape index (κ1) is 16.1. The molecule has 108 valence electrons. The molecule has 0 amide bonds. The van der Waals surface area contributed by atoms with Crippen molar-refractivity contribution in [2.75, 3.05) is 19.6 Å². The molecular formula is C16H29N3. The van der Waals surface area contributed by atoms with Crippen LogP contribution in [0.5, 0.6) is 0 Å². The normalized spacial score (nSPS) is 13.5. The van der Waals surface area contributed by atoms with Gasteiger partial charge in [-0.3, -0.25) is 9.88 Å². The number of aryl methyl sites for hydroxylation is 1. The van der Waals surface area contributed by atoms with Crippen molar-refractivity contribution < 1.29 is 0 Å². The Morgan fingerprint density at radius 2 is 1.74 bits per heavy atom. The molecule has 0 saturated carbocycles. The predicted molar refractivity (Wildman–Crippen MR) is 82.0 cm³/mol. The molecule has 1 aromatic heterocycles. The van der Waals surface area contributed by atoms with Gasteiger partial charge in [0.15, 0.2) is 0 Å². The fourth-order valence-electron chi connectivity index (χ4n) is 2.56. The second kappa shape index (κ2) is 7.61. The summed E-state index contributed by atoms with van der Waals surface area (Å²) >= 11 is 0. The zero-order valence-corrected chi connectivity index (χ0v) is 13.1. The largest absolute Gasteiger partial charge is 0.329 e. The number of pyridine rings is 1. The lowest BCUT2D eigenvalue weighted by Crippen LogP contribution is -2.39. The molecule has 2 N–H and O–H groups in total. The first-order valence-electron chi connectivity index (χ1n) is 7.30. The highest BCUT2D eigenvalue weighted by molar-refractivity contribution is 5.25. The van der Waals surface area contributed by atoms with Crippen LogP contribution in [0.25, 0.3) is 0 Å². The molecule has 19 heavy (non-hydrogen) atoms. The Bertz CT molecular complexity index is 364. The van der Waals surface area contributed by atoms with Gasteiger partial charge in [0.2, 0.25) is 0 Å². The second-order valence-electron chi connectivity index (χ2n) is 6.23. The van der Waals surface area contributed by atoms with Crippen molar-refractivity contribution in [3.63, 3.8) is 0 Å². The standard InChI is InChI=1S/C16H29N3/c1-12(2)10-19(11-13(3)4)16(8-17)15-9-18-7-6-14(15)5/h6-7,9,12-13,16H,8,10-11,17H2,1-5H3. The molecule has 1 aromatic rings. The quantitative estimate of drug-likeness (QED) is 0.822. The third kappa shape index (κ3) is 4.92. The van der Waals surface area contributed by atoms with Crippen LogP contribution in [0.3, 0.4) is 0 Å². The zero-order chi connectivity index (χ0) is 14.4. The maximum Gasteiger partial charge on any atom is 0.0488 e. The Morgan fingerprint density at radius 1 is 1.16 bits per heavy atom. The Hall–Kier alpha value is -0.930. The fraction of sp³-hybridized carbons (Fsp3) is 0.688. The van der Waals surface area contributed by atoms with Crippen molar-refractivity contribution in [3.8, 4) is 0 Å². The molecule has 1 atom stereocenters. The minimum atomic E-state index is 0.276. The number of nitrogens with two attached hydrogens (primary N) is 1. The Balaban J connectivity index is 2.98. The van der Waals surface area contributed by atoms with Crippen LogP contribution in [0.2, 0.25) is 0 Å². The lowest BCUT2D eigenvalue weighted by Gasteiger charge is -2.34. The van der Waals surface area contributed by atoms with Crippen LogP contribution < -0.4 is 5.73 Å². The van der Waals surface area contributed by atoms with E-state index in [1.165, 1.54) is 11.1 Å². The van der Waals surface area contributed by atoms with Crippen LogP contribution in [0.15, 0.2) is 18.5 Å². The summed E-state index contributed by atoms with van der Waals surface area (Å²) in [6, 6.07) is 2.35. The third-order valence-electron chi connectivity index (χ3n) is 3.30. The van der Waals surface area contributed by atoms with Gasteiger partial charge in [0.05, 0.1) is 0 Å². The van der Waals surface area contributed by atoms with Gasteiger partial charge in [0.1, 0.15) is 0 Å². The van der Waals surface area contributed by atoms with Crippen LogP contribution in [-0.4, -0.2) is 29.5 Å². The molecule has 1 heterocycles. The summed E-state index contributed by atoms with van der Waals surface area (Å²) in [4.78, 5) is 6.79. The summed E-state index contributed by atoms with van der Waals surface area (Å²) < 4.78 is 0. The van der Waals surface area contributed by atoms with Gasteiger partial charge in [0, 0.05) is 38.1 Å². The lowest BCUT2D eigenvalue weighted by molar-refractivity contribution is 0.159. The molecule has 0 bridgehead atoms. The monoisotopic (exact) mass is 263 g/mol. The van der Waals surface area contributed by atoms with Crippen molar-refractivity contribution >= 4 is 0 Å². The predicted octanol–water partition coefficient (Wildman–Crippen LogP) is 3.00. The maximum absolute atomic E-state index is 6.06. The summed E-state index contributed by atoms with van der Waals surface area (Å²) in [6.07, 6.45) is 3.82. The molecule has 0 aliphatic rings. The maximum atomic E-state index is 6.06. The van der Waals surface area contributed by atoms with E-state index >= 15 is 0 Å². The molecule has 0 fully saturated rings. The van der Waals surface area contributed by atoms with Gasteiger partial charge >= 0.3 is 0 Å². The molecule has 0 saturated heterocycles. The van der Waals surface area contributed by atoms with Crippen molar-refractivity contribution in [1.29, 1.82) is 0 Å². The SMILES string of the molecule is Cc1ccncc1C(CN)N(CC(C)C)CC(C)C. The van der Waals surface area contributed by atoms with Crippen molar-refractivity contribution in [1.82, 2.24) is 9.88 Å². The fourth-order valence-corrected chi connectivity index (χ4v) is 2.56. The minimum Gasteiger partial charge on any atom is -0.329 e.